The van der Waals surface area contributed by atoms with Gasteiger partial charge in [-0.1, -0.05) is 30.3 Å². The molecule has 0 aliphatic carbocycles. The number of carboxylic acid groups (broad SMARTS) is 1. The Morgan fingerprint density at radius 1 is 1.15 bits per heavy atom. The molecule has 13 heteroatoms. The maximum Gasteiger partial charge on any atom is 0.317 e. The molecule has 3 rings (SSSR count). The number of rotatable bonds is 16. The third-order valence-corrected chi connectivity index (χ3v) is 8.25. The fraction of sp³-hybridized carbons (Fsp3) is 0.481. The molecule has 0 saturated carbocycles. The number of piperidine rings is 1. The van der Waals surface area contributed by atoms with Crippen LogP contribution in [0.15, 0.2) is 52.5 Å². The number of Topliss-reactive ketones (excluding diaryl/α,β-unsaturated/α-hetero) is 1. The van der Waals surface area contributed by atoms with Crippen LogP contribution in [-0.2, 0) is 24.4 Å². The van der Waals surface area contributed by atoms with Gasteiger partial charge in [0.25, 0.3) is 0 Å². The minimum atomic E-state index is -4.10. The van der Waals surface area contributed by atoms with E-state index in [9.17, 15) is 22.8 Å². The number of nitrogens with two attached hydrogens (primary N) is 1. The van der Waals surface area contributed by atoms with Crippen LogP contribution in [0.2, 0.25) is 0 Å². The fourth-order valence-corrected chi connectivity index (χ4v) is 5.96. The highest BCUT2D eigenvalue weighted by molar-refractivity contribution is 7.89. The van der Waals surface area contributed by atoms with Crippen LogP contribution in [0.4, 0.5) is 0 Å². The quantitative estimate of drug-likeness (QED) is 0.0642. The smallest absolute Gasteiger partial charge is 0.317 e. The summed E-state index contributed by atoms with van der Waals surface area (Å²) < 4.78 is 29.0. The van der Waals surface area contributed by atoms with E-state index in [2.05, 4.69) is 20.5 Å². The van der Waals surface area contributed by atoms with Gasteiger partial charge in [0.15, 0.2) is 5.78 Å². The van der Waals surface area contributed by atoms with Crippen LogP contribution >= 0.6 is 0 Å². The first-order valence-electron chi connectivity index (χ1n) is 13.4. The van der Waals surface area contributed by atoms with E-state index in [0.29, 0.717) is 32.5 Å². The second-order valence-corrected chi connectivity index (χ2v) is 11.7. The first kappa shape index (κ1) is 31.0. The van der Waals surface area contributed by atoms with Crippen molar-refractivity contribution >= 4 is 44.8 Å². The van der Waals surface area contributed by atoms with E-state index in [1.54, 1.807) is 18.5 Å². The van der Waals surface area contributed by atoms with Gasteiger partial charge in [-0.25, -0.2) is 13.1 Å². The second kappa shape index (κ2) is 15.3. The van der Waals surface area contributed by atoms with Gasteiger partial charge in [0.1, 0.15) is 6.34 Å². The molecule has 0 unspecified atom stereocenters. The summed E-state index contributed by atoms with van der Waals surface area (Å²) in [4.78, 5) is 38.6. The Kier molecular flexibility index (Phi) is 11.8. The monoisotopic (exact) mass is 574 g/mol. The van der Waals surface area contributed by atoms with Crippen LogP contribution in [-0.4, -0.2) is 81.2 Å². The van der Waals surface area contributed by atoms with Gasteiger partial charge < -0.3 is 26.5 Å². The standard InChI is InChI=1S/C27H38N6O6S/c28-31-19-33-13-5-6-20(18-33)16-30-26(35)15-24(25(34)9-3-4-12-29-17-27(36)37)32-40(38,39)23-11-10-21-7-1-2-8-22(21)14-23/h1-2,7-8,10-11,14,19-20,24,29,32H,3-6,9,12-13,15-18,28H2,(H,30,35)(H,36,37)/t20-,24-/m0/s1. The zero-order valence-electron chi connectivity index (χ0n) is 22.4. The summed E-state index contributed by atoms with van der Waals surface area (Å²) >= 11 is 0. The highest BCUT2D eigenvalue weighted by atomic mass is 32.2. The Hall–Kier alpha value is -3.55. The lowest BCUT2D eigenvalue weighted by molar-refractivity contribution is -0.136. The van der Waals surface area contributed by atoms with E-state index >= 15 is 0 Å². The molecule has 40 heavy (non-hydrogen) atoms. The molecule has 0 bridgehead atoms. The number of hydrogen-bond donors (Lipinski definition) is 5. The van der Waals surface area contributed by atoms with Gasteiger partial charge >= 0.3 is 5.97 Å². The number of benzene rings is 2. The van der Waals surface area contributed by atoms with Gasteiger partial charge in [-0.3, -0.25) is 14.4 Å². The molecule has 1 saturated heterocycles. The van der Waals surface area contributed by atoms with Crippen LogP contribution in [0.3, 0.4) is 0 Å². The number of amides is 1. The lowest BCUT2D eigenvalue weighted by atomic mass is 9.98. The molecule has 2 atom stereocenters. The number of carboxylic acids is 1. The minimum Gasteiger partial charge on any atom is -0.480 e. The van der Waals surface area contributed by atoms with Crippen molar-refractivity contribution in [2.45, 2.75) is 49.5 Å². The predicted octanol–water partition coefficient (Wildman–Crippen LogP) is 1.02. The Labute approximate surface area is 234 Å². The Bertz CT molecular complexity index is 1300. The van der Waals surface area contributed by atoms with Gasteiger partial charge in [-0.05, 0) is 61.1 Å². The highest BCUT2D eigenvalue weighted by Gasteiger charge is 2.28. The molecule has 1 aliphatic heterocycles. The first-order chi connectivity index (χ1) is 19.2. The van der Waals surface area contributed by atoms with Crippen molar-refractivity contribution in [2.75, 3.05) is 32.7 Å². The molecule has 12 nitrogen and oxygen atoms in total. The summed E-state index contributed by atoms with van der Waals surface area (Å²) in [6.07, 6.45) is 4.08. The van der Waals surface area contributed by atoms with E-state index in [1.165, 1.54) is 12.1 Å². The van der Waals surface area contributed by atoms with E-state index < -0.39 is 33.7 Å². The number of carbonyl (C=O) groups is 3. The first-order valence-corrected chi connectivity index (χ1v) is 14.9. The largest absolute Gasteiger partial charge is 0.480 e. The number of hydrazone groups is 1. The summed E-state index contributed by atoms with van der Waals surface area (Å²) in [6, 6.07) is 10.8. The normalized spacial score (nSPS) is 16.7. The van der Waals surface area contributed by atoms with Crippen LogP contribution in [0.25, 0.3) is 10.8 Å². The van der Waals surface area contributed by atoms with Crippen molar-refractivity contribution < 1.29 is 27.9 Å². The molecule has 2 aromatic rings. The number of hydrogen-bond acceptors (Lipinski definition) is 8. The average Bonchev–Trinajstić information content (AvgIpc) is 2.93. The second-order valence-electron chi connectivity index (χ2n) is 9.95. The number of aliphatic carboxylic acids is 1. The van der Waals surface area contributed by atoms with Crippen molar-refractivity contribution in [3.05, 3.63) is 42.5 Å². The zero-order valence-corrected chi connectivity index (χ0v) is 23.2. The number of carbonyl (C=O) groups excluding carboxylic acids is 2. The lowest BCUT2D eigenvalue weighted by Crippen LogP contribution is -2.45. The van der Waals surface area contributed by atoms with Gasteiger partial charge in [0.05, 0.1) is 17.5 Å². The highest BCUT2D eigenvalue weighted by Crippen LogP contribution is 2.20. The van der Waals surface area contributed by atoms with E-state index in [-0.39, 0.29) is 30.2 Å². The average molecular weight is 575 g/mol. The Morgan fingerprint density at radius 3 is 2.67 bits per heavy atom. The predicted molar refractivity (Wildman–Crippen MR) is 152 cm³/mol. The van der Waals surface area contributed by atoms with Crippen molar-refractivity contribution in [2.24, 2.45) is 16.9 Å². The van der Waals surface area contributed by atoms with Crippen LogP contribution in [0.1, 0.15) is 38.5 Å². The van der Waals surface area contributed by atoms with Crippen LogP contribution in [0.5, 0.6) is 0 Å². The van der Waals surface area contributed by atoms with E-state index in [0.717, 1.165) is 30.2 Å². The Balaban J connectivity index is 1.64. The molecule has 0 aromatic heterocycles. The molecule has 1 aliphatic rings. The molecule has 218 valence electrons. The molecule has 0 radical (unpaired) electrons. The van der Waals surface area contributed by atoms with E-state index in [4.69, 9.17) is 10.9 Å². The van der Waals surface area contributed by atoms with Crippen LogP contribution < -0.4 is 21.2 Å². The third-order valence-electron chi connectivity index (χ3n) is 6.78. The molecular formula is C27H38N6O6S. The SMILES string of the molecule is NN=CN1CCC[C@@H](CNC(=O)C[C@H](NS(=O)(=O)c2ccc3ccccc3c2)C(=O)CCCCNCC(=O)O)C1. The fourth-order valence-electron chi connectivity index (χ4n) is 4.71. The molecule has 1 heterocycles. The number of sulfonamides is 1. The molecule has 2 aromatic carbocycles. The number of fused-ring (bicyclic) bond motifs is 1. The topological polar surface area (TPSA) is 183 Å². The number of unbranched alkanes of at least 4 members (excludes halogenated alkanes) is 1. The van der Waals surface area contributed by atoms with Gasteiger partial charge in [0.2, 0.25) is 15.9 Å². The molecule has 1 amide bonds. The van der Waals surface area contributed by atoms with Gasteiger partial charge in [-0.15, -0.1) is 0 Å². The van der Waals surface area contributed by atoms with Crippen molar-refractivity contribution in [1.29, 1.82) is 0 Å². The third kappa shape index (κ3) is 9.88. The van der Waals surface area contributed by atoms with Crippen molar-refractivity contribution in [3.63, 3.8) is 0 Å². The molecule has 6 N–H and O–H groups in total. The van der Waals surface area contributed by atoms with Crippen molar-refractivity contribution in [3.8, 4) is 0 Å². The lowest BCUT2D eigenvalue weighted by Gasteiger charge is -2.31. The number of nitrogens with one attached hydrogen (secondary N) is 3. The minimum absolute atomic E-state index is 0.00569. The summed E-state index contributed by atoms with van der Waals surface area (Å²) in [7, 11) is -4.10. The number of likely N-dealkylation sites (tertiary alicyclic amines) is 1. The Morgan fingerprint density at radius 2 is 1.93 bits per heavy atom. The summed E-state index contributed by atoms with van der Waals surface area (Å²) in [5.41, 5.74) is 0. The zero-order chi connectivity index (χ0) is 29.0. The maximum atomic E-state index is 13.3. The molecular weight excluding hydrogens is 536 g/mol. The number of nitrogens with zero attached hydrogens (tertiary/aromatic N) is 2. The summed E-state index contributed by atoms with van der Waals surface area (Å²) in [5.74, 6) is 3.62. The van der Waals surface area contributed by atoms with Gasteiger partial charge in [-0.2, -0.15) is 5.10 Å². The van der Waals surface area contributed by atoms with Crippen molar-refractivity contribution in [1.82, 2.24) is 20.3 Å². The molecule has 0 spiro atoms. The van der Waals surface area contributed by atoms with Gasteiger partial charge in [0, 0.05) is 32.5 Å². The summed E-state index contributed by atoms with van der Waals surface area (Å²) in [5, 5.41) is 19.5. The molecule has 1 fully saturated rings. The number of ketones is 1. The van der Waals surface area contributed by atoms with E-state index in [1.807, 2.05) is 23.1 Å². The summed E-state index contributed by atoms with van der Waals surface area (Å²) in [6.45, 7) is 2.14. The maximum absolute atomic E-state index is 13.3. The van der Waals surface area contributed by atoms with Crippen LogP contribution in [0, 0.1) is 5.92 Å².